The van der Waals surface area contributed by atoms with E-state index in [4.69, 9.17) is 5.11 Å². The van der Waals surface area contributed by atoms with Crippen LogP contribution in [0.25, 0.3) is 0 Å². The molecular formula is C11H11BrO6S2. The fourth-order valence-electron chi connectivity index (χ4n) is 2.04. The van der Waals surface area contributed by atoms with Gasteiger partial charge in [0.1, 0.15) is 0 Å². The number of hydrogen-bond acceptors (Lipinski definition) is 5. The van der Waals surface area contributed by atoms with Crippen LogP contribution in [0.1, 0.15) is 16.8 Å². The van der Waals surface area contributed by atoms with Crippen molar-refractivity contribution < 1.29 is 26.7 Å². The summed E-state index contributed by atoms with van der Waals surface area (Å²) in [7, 11) is -7.22. The highest BCUT2D eigenvalue weighted by Gasteiger charge is 2.39. The Morgan fingerprint density at radius 3 is 2.50 bits per heavy atom. The van der Waals surface area contributed by atoms with Crippen molar-refractivity contribution in [3.8, 4) is 0 Å². The van der Waals surface area contributed by atoms with Gasteiger partial charge in [-0.25, -0.2) is 21.6 Å². The van der Waals surface area contributed by atoms with Gasteiger partial charge in [0.15, 0.2) is 19.7 Å². The average molecular weight is 383 g/mol. The molecule has 0 radical (unpaired) electrons. The molecule has 0 amide bonds. The van der Waals surface area contributed by atoms with Crippen molar-refractivity contribution in [3.05, 3.63) is 28.2 Å². The van der Waals surface area contributed by atoms with Gasteiger partial charge in [0, 0.05) is 4.47 Å². The molecule has 1 saturated heterocycles. The molecule has 110 valence electrons. The van der Waals surface area contributed by atoms with Crippen LogP contribution in [0.3, 0.4) is 0 Å². The van der Waals surface area contributed by atoms with Crippen molar-refractivity contribution in [1.82, 2.24) is 0 Å². The first-order valence-electron chi connectivity index (χ1n) is 5.61. The van der Waals surface area contributed by atoms with Gasteiger partial charge in [-0.15, -0.1) is 0 Å². The highest BCUT2D eigenvalue weighted by atomic mass is 79.9. The first-order valence-corrected chi connectivity index (χ1v) is 9.77. The number of hydrogen-bond donors (Lipinski definition) is 1. The lowest BCUT2D eigenvalue weighted by Crippen LogP contribution is -2.23. The monoisotopic (exact) mass is 382 g/mol. The van der Waals surface area contributed by atoms with Gasteiger partial charge in [0.2, 0.25) is 0 Å². The lowest BCUT2D eigenvalue weighted by molar-refractivity contribution is 0.0696. The van der Waals surface area contributed by atoms with Crippen LogP contribution in [-0.2, 0) is 19.7 Å². The summed E-state index contributed by atoms with van der Waals surface area (Å²) in [6.45, 7) is 0. The van der Waals surface area contributed by atoms with Gasteiger partial charge in [-0.1, -0.05) is 0 Å². The Labute approximate surface area is 124 Å². The molecule has 1 heterocycles. The average Bonchev–Trinajstić information content (AvgIpc) is 2.70. The second kappa shape index (κ2) is 5.12. The lowest BCUT2D eigenvalue weighted by Gasteiger charge is -2.12. The van der Waals surface area contributed by atoms with Crippen LogP contribution in [0.15, 0.2) is 27.6 Å². The molecule has 1 aromatic carbocycles. The maximum atomic E-state index is 12.4. The van der Waals surface area contributed by atoms with Crippen molar-refractivity contribution in [2.24, 2.45) is 0 Å². The number of carbonyl (C=O) groups is 1. The zero-order valence-corrected chi connectivity index (χ0v) is 13.3. The number of aromatic carboxylic acids is 1. The fraction of sp³-hybridized carbons (Fsp3) is 0.364. The molecule has 0 aromatic heterocycles. The Balaban J connectivity index is 2.50. The van der Waals surface area contributed by atoms with Crippen molar-refractivity contribution >= 4 is 41.6 Å². The predicted octanol–water partition coefficient (Wildman–Crippen LogP) is 1.11. The van der Waals surface area contributed by atoms with E-state index < -0.39 is 36.6 Å². The summed E-state index contributed by atoms with van der Waals surface area (Å²) >= 11 is 3.07. The van der Waals surface area contributed by atoms with Crippen LogP contribution >= 0.6 is 15.9 Å². The Morgan fingerprint density at radius 1 is 1.35 bits per heavy atom. The summed E-state index contributed by atoms with van der Waals surface area (Å²) in [6.07, 6.45) is 0.0361. The largest absolute Gasteiger partial charge is 0.478 e. The van der Waals surface area contributed by atoms with Gasteiger partial charge in [-0.3, -0.25) is 0 Å². The number of rotatable bonds is 3. The quantitative estimate of drug-likeness (QED) is 0.838. The van der Waals surface area contributed by atoms with E-state index in [2.05, 4.69) is 15.9 Å². The van der Waals surface area contributed by atoms with Crippen LogP contribution in [-0.4, -0.2) is 44.7 Å². The zero-order valence-electron chi connectivity index (χ0n) is 10.1. The van der Waals surface area contributed by atoms with E-state index in [1.807, 2.05) is 0 Å². The topological polar surface area (TPSA) is 106 Å². The van der Waals surface area contributed by atoms with Crippen molar-refractivity contribution in [1.29, 1.82) is 0 Å². The second-order valence-electron chi connectivity index (χ2n) is 4.52. The van der Waals surface area contributed by atoms with Crippen LogP contribution in [0.4, 0.5) is 0 Å². The molecule has 9 heteroatoms. The summed E-state index contributed by atoms with van der Waals surface area (Å²) < 4.78 is 47.9. The molecule has 1 atom stereocenters. The highest BCUT2D eigenvalue weighted by molar-refractivity contribution is 9.10. The SMILES string of the molecule is O=C(O)c1ccc(Br)c(S(=O)(=O)C2CCS(=O)(=O)C2)c1. The van der Waals surface area contributed by atoms with Crippen LogP contribution in [0.5, 0.6) is 0 Å². The number of benzene rings is 1. The van der Waals surface area contributed by atoms with Gasteiger partial charge < -0.3 is 5.11 Å². The summed E-state index contributed by atoms with van der Waals surface area (Å²) in [4.78, 5) is 10.7. The Bertz CT molecular complexity index is 766. The minimum atomic E-state index is -3.89. The van der Waals surface area contributed by atoms with Crippen LogP contribution in [0, 0.1) is 0 Å². The minimum absolute atomic E-state index is 0.0361. The Hall–Kier alpha value is -0.930. The summed E-state index contributed by atoms with van der Waals surface area (Å²) in [6, 6.07) is 3.66. The molecule has 20 heavy (non-hydrogen) atoms. The second-order valence-corrected chi connectivity index (χ2v) is 9.80. The Kier molecular flexibility index (Phi) is 3.96. The van der Waals surface area contributed by atoms with E-state index in [0.717, 1.165) is 6.07 Å². The number of carboxylic acids is 1. The molecule has 2 rings (SSSR count). The first-order chi connectivity index (χ1) is 9.13. The molecule has 1 N–H and O–H groups in total. The van der Waals surface area contributed by atoms with Crippen molar-refractivity contribution in [2.45, 2.75) is 16.6 Å². The highest BCUT2D eigenvalue weighted by Crippen LogP contribution is 2.31. The van der Waals surface area contributed by atoms with Gasteiger partial charge in [-0.05, 0) is 40.5 Å². The van der Waals surface area contributed by atoms with Gasteiger partial charge in [0.25, 0.3) is 0 Å². The molecule has 0 bridgehead atoms. The molecule has 1 aliphatic rings. The van der Waals surface area contributed by atoms with E-state index in [1.165, 1.54) is 12.1 Å². The zero-order chi connectivity index (χ0) is 15.1. The third-order valence-corrected chi connectivity index (χ3v) is 8.28. The van der Waals surface area contributed by atoms with E-state index in [1.54, 1.807) is 0 Å². The van der Waals surface area contributed by atoms with E-state index in [0.29, 0.717) is 0 Å². The van der Waals surface area contributed by atoms with Crippen molar-refractivity contribution in [2.75, 3.05) is 11.5 Å². The summed E-state index contributed by atoms with van der Waals surface area (Å²) in [5.41, 5.74) is -0.160. The number of halogens is 1. The first kappa shape index (κ1) is 15.5. The normalized spacial score (nSPS) is 21.8. The van der Waals surface area contributed by atoms with Gasteiger partial charge in [-0.2, -0.15) is 0 Å². The molecule has 1 aliphatic heterocycles. The van der Waals surface area contributed by atoms with Crippen molar-refractivity contribution in [3.63, 3.8) is 0 Å². The molecule has 0 aliphatic carbocycles. The van der Waals surface area contributed by atoms with Gasteiger partial charge in [0.05, 0.1) is 27.2 Å². The molecule has 1 fully saturated rings. The van der Waals surface area contributed by atoms with Crippen LogP contribution < -0.4 is 0 Å². The molecule has 1 aromatic rings. The maximum absolute atomic E-state index is 12.4. The smallest absolute Gasteiger partial charge is 0.335 e. The molecular weight excluding hydrogens is 372 g/mol. The maximum Gasteiger partial charge on any atom is 0.335 e. The van der Waals surface area contributed by atoms with Crippen LogP contribution in [0.2, 0.25) is 0 Å². The third kappa shape index (κ3) is 2.89. The molecule has 6 nitrogen and oxygen atoms in total. The summed E-state index contributed by atoms with van der Waals surface area (Å²) in [5, 5.41) is 7.89. The molecule has 0 saturated carbocycles. The standard InChI is InChI=1S/C11H11BrO6S2/c12-9-2-1-7(11(13)14)5-10(9)20(17,18)8-3-4-19(15,16)6-8/h1-2,5,8H,3-4,6H2,(H,13,14). The predicted molar refractivity (Wildman–Crippen MR) is 75.3 cm³/mol. The summed E-state index contributed by atoms with van der Waals surface area (Å²) in [5.74, 6) is -1.82. The molecule has 0 spiro atoms. The number of carboxylic acid groups (broad SMARTS) is 1. The molecule has 1 unspecified atom stereocenters. The third-order valence-electron chi connectivity index (χ3n) is 3.11. The Morgan fingerprint density at radius 2 is 2.00 bits per heavy atom. The lowest BCUT2D eigenvalue weighted by atomic mass is 10.2. The number of sulfone groups is 2. The van der Waals surface area contributed by atoms with Gasteiger partial charge >= 0.3 is 5.97 Å². The van der Waals surface area contributed by atoms with E-state index in [9.17, 15) is 21.6 Å². The van der Waals surface area contributed by atoms with E-state index in [-0.39, 0.29) is 27.1 Å². The minimum Gasteiger partial charge on any atom is -0.478 e. The van der Waals surface area contributed by atoms with E-state index >= 15 is 0 Å². The fourth-order valence-corrected chi connectivity index (χ4v) is 7.41.